The maximum Gasteiger partial charge on any atom is 0.233 e. The van der Waals surface area contributed by atoms with Crippen LogP contribution in [0.1, 0.15) is 44.4 Å². The molecule has 7 nitrogen and oxygen atoms in total. The summed E-state index contributed by atoms with van der Waals surface area (Å²) in [5, 5.41) is 9.85. The minimum absolute atomic E-state index is 0.0311. The highest BCUT2D eigenvalue weighted by Gasteiger charge is 2.29. The number of methoxy groups -OCH3 is 1. The summed E-state index contributed by atoms with van der Waals surface area (Å²) < 4.78 is 12.9. The third-order valence-electron chi connectivity index (χ3n) is 6.13. The lowest BCUT2D eigenvalue weighted by molar-refractivity contribution is -0.127. The summed E-state index contributed by atoms with van der Waals surface area (Å²) in [4.78, 5) is 14.4. The van der Waals surface area contributed by atoms with Gasteiger partial charge in [-0.3, -0.25) is 9.36 Å². The number of carbonyl (C=O) groups is 1. The zero-order valence-electron chi connectivity index (χ0n) is 18.9. The highest BCUT2D eigenvalue weighted by molar-refractivity contribution is 7.99. The van der Waals surface area contributed by atoms with E-state index in [1.807, 2.05) is 36.4 Å². The molecule has 2 aromatic heterocycles. The minimum Gasteiger partial charge on any atom is -0.497 e. The molecule has 1 aromatic carbocycles. The van der Waals surface area contributed by atoms with Crippen LogP contribution in [0.3, 0.4) is 0 Å². The van der Waals surface area contributed by atoms with Crippen molar-refractivity contribution in [1.29, 1.82) is 0 Å². The Balaban J connectivity index is 1.55. The maximum absolute atomic E-state index is 12.7. The van der Waals surface area contributed by atoms with E-state index in [1.165, 1.54) is 31.0 Å². The van der Waals surface area contributed by atoms with E-state index in [0.29, 0.717) is 24.3 Å². The molecule has 0 N–H and O–H groups in total. The van der Waals surface area contributed by atoms with Crippen molar-refractivity contribution in [2.45, 2.75) is 50.4 Å². The van der Waals surface area contributed by atoms with Gasteiger partial charge in [0.05, 0.1) is 25.7 Å². The Morgan fingerprint density at radius 1 is 1.22 bits per heavy atom. The fourth-order valence-electron chi connectivity index (χ4n) is 4.25. The Kier molecular flexibility index (Phi) is 7.19. The summed E-state index contributed by atoms with van der Waals surface area (Å²) in [5.41, 5.74) is 1.00. The summed E-state index contributed by atoms with van der Waals surface area (Å²) in [6, 6.07) is 12.0. The Morgan fingerprint density at radius 3 is 2.69 bits per heavy atom. The van der Waals surface area contributed by atoms with Crippen LogP contribution in [-0.2, 0) is 11.3 Å². The van der Waals surface area contributed by atoms with E-state index in [0.717, 1.165) is 34.5 Å². The fourth-order valence-corrected chi connectivity index (χ4v) is 5.19. The van der Waals surface area contributed by atoms with Crippen LogP contribution in [0.5, 0.6) is 5.75 Å². The predicted octanol–water partition coefficient (Wildman–Crippen LogP) is 5.05. The van der Waals surface area contributed by atoms with Crippen molar-refractivity contribution in [3.05, 3.63) is 48.4 Å². The average molecular weight is 455 g/mol. The van der Waals surface area contributed by atoms with Crippen LogP contribution in [0.15, 0.2) is 52.2 Å². The number of rotatable bonds is 8. The summed E-state index contributed by atoms with van der Waals surface area (Å²) in [7, 11) is 3.46. The van der Waals surface area contributed by atoms with Crippen LogP contribution >= 0.6 is 11.8 Å². The van der Waals surface area contributed by atoms with E-state index in [1.54, 1.807) is 25.3 Å². The molecule has 0 unspecified atom stereocenters. The summed E-state index contributed by atoms with van der Waals surface area (Å²) in [6.07, 6.45) is 6.37. The van der Waals surface area contributed by atoms with Gasteiger partial charge in [-0.1, -0.05) is 31.5 Å². The van der Waals surface area contributed by atoms with Crippen molar-refractivity contribution in [1.82, 2.24) is 19.7 Å². The van der Waals surface area contributed by atoms with E-state index >= 15 is 0 Å². The molecule has 3 aromatic rings. The van der Waals surface area contributed by atoms with Crippen LogP contribution in [0.4, 0.5) is 0 Å². The van der Waals surface area contributed by atoms with Gasteiger partial charge in [0.15, 0.2) is 11.0 Å². The second kappa shape index (κ2) is 10.3. The first-order chi connectivity index (χ1) is 15.6. The topological polar surface area (TPSA) is 73.4 Å². The van der Waals surface area contributed by atoms with Crippen molar-refractivity contribution >= 4 is 17.7 Å². The molecule has 0 bridgehead atoms. The van der Waals surface area contributed by atoms with Crippen molar-refractivity contribution < 1.29 is 13.9 Å². The molecule has 1 fully saturated rings. The first-order valence-corrected chi connectivity index (χ1v) is 12.0. The number of nitrogens with zero attached hydrogens (tertiary/aromatic N) is 4. The van der Waals surface area contributed by atoms with Crippen LogP contribution < -0.4 is 4.74 Å². The zero-order valence-corrected chi connectivity index (χ0v) is 19.7. The molecule has 0 saturated heterocycles. The van der Waals surface area contributed by atoms with E-state index < -0.39 is 0 Å². The van der Waals surface area contributed by atoms with Crippen LogP contribution in [-0.4, -0.2) is 45.5 Å². The second-order valence-electron chi connectivity index (χ2n) is 8.35. The van der Waals surface area contributed by atoms with Crippen molar-refractivity contribution in [2.75, 3.05) is 19.9 Å². The standard InChI is InChI=1S/C24H30N4O3S/c1-17-7-4-5-9-21(17)28-23(18-10-12-19(30-3)13-11-18)25-26-24(28)32-16-22(29)27(2)15-20-8-6-14-31-20/h6,8,10-14,17,21H,4-5,7,9,15-16H2,1-3H3/t17-,21-/m0/s1. The molecule has 0 spiro atoms. The number of aromatic nitrogens is 3. The first-order valence-electron chi connectivity index (χ1n) is 11.0. The van der Waals surface area contributed by atoms with Gasteiger partial charge in [-0.2, -0.15) is 0 Å². The van der Waals surface area contributed by atoms with Gasteiger partial charge in [0.25, 0.3) is 0 Å². The number of thioether (sulfide) groups is 1. The Morgan fingerprint density at radius 2 is 2.00 bits per heavy atom. The van der Waals surface area contributed by atoms with Gasteiger partial charge in [-0.25, -0.2) is 0 Å². The van der Waals surface area contributed by atoms with Gasteiger partial charge in [-0.05, 0) is 55.2 Å². The number of hydrogen-bond acceptors (Lipinski definition) is 6. The lowest BCUT2D eigenvalue weighted by Crippen LogP contribution is -2.28. The summed E-state index contributed by atoms with van der Waals surface area (Å²) in [5.74, 6) is 3.30. The Bertz CT molecular complexity index is 1020. The number of carbonyl (C=O) groups excluding carboxylic acids is 1. The second-order valence-corrected chi connectivity index (χ2v) is 9.29. The van der Waals surface area contributed by atoms with Gasteiger partial charge in [0, 0.05) is 18.7 Å². The maximum atomic E-state index is 12.7. The molecule has 32 heavy (non-hydrogen) atoms. The molecule has 4 rings (SSSR count). The lowest BCUT2D eigenvalue weighted by atomic mass is 9.85. The molecule has 170 valence electrons. The van der Waals surface area contributed by atoms with Crippen LogP contribution in [0.2, 0.25) is 0 Å². The number of amides is 1. The van der Waals surface area contributed by atoms with Gasteiger partial charge < -0.3 is 14.1 Å². The lowest BCUT2D eigenvalue weighted by Gasteiger charge is -2.31. The molecular formula is C24H30N4O3S. The number of ether oxygens (including phenoxy) is 1. The molecule has 2 atom stereocenters. The molecule has 8 heteroatoms. The van der Waals surface area contributed by atoms with E-state index in [-0.39, 0.29) is 5.91 Å². The Hall–Kier alpha value is -2.74. The smallest absolute Gasteiger partial charge is 0.233 e. The monoisotopic (exact) mass is 454 g/mol. The quantitative estimate of drug-likeness (QED) is 0.444. The molecule has 1 aliphatic carbocycles. The number of benzene rings is 1. The van der Waals surface area contributed by atoms with Crippen molar-refractivity contribution in [2.24, 2.45) is 5.92 Å². The van der Waals surface area contributed by atoms with Gasteiger partial charge in [-0.15, -0.1) is 10.2 Å². The van der Waals surface area contributed by atoms with Crippen LogP contribution in [0, 0.1) is 5.92 Å². The number of furan rings is 1. The van der Waals surface area contributed by atoms with E-state index in [9.17, 15) is 4.79 Å². The van der Waals surface area contributed by atoms with Crippen LogP contribution in [0.25, 0.3) is 11.4 Å². The zero-order chi connectivity index (χ0) is 22.5. The van der Waals surface area contributed by atoms with Gasteiger partial charge >= 0.3 is 0 Å². The minimum atomic E-state index is 0.0311. The first kappa shape index (κ1) is 22.5. The molecule has 0 aliphatic heterocycles. The SMILES string of the molecule is COc1ccc(-c2nnc(SCC(=O)N(C)Cc3ccco3)n2[C@H]2CCCC[C@@H]2C)cc1. The predicted molar refractivity (Wildman–Crippen MR) is 125 cm³/mol. The molecule has 0 radical (unpaired) electrons. The largest absolute Gasteiger partial charge is 0.497 e. The number of hydrogen-bond donors (Lipinski definition) is 0. The molecule has 1 saturated carbocycles. The molecule has 1 aliphatic rings. The normalized spacial score (nSPS) is 18.5. The third-order valence-corrected chi connectivity index (χ3v) is 7.06. The Labute approximate surface area is 193 Å². The summed E-state index contributed by atoms with van der Waals surface area (Å²) >= 11 is 1.46. The van der Waals surface area contributed by atoms with Gasteiger partial charge in [0.1, 0.15) is 11.5 Å². The van der Waals surface area contributed by atoms with E-state index in [2.05, 4.69) is 21.7 Å². The molecule has 1 amide bonds. The van der Waals surface area contributed by atoms with E-state index in [4.69, 9.17) is 9.15 Å². The third kappa shape index (κ3) is 5.01. The highest BCUT2D eigenvalue weighted by Crippen LogP contribution is 2.39. The highest BCUT2D eigenvalue weighted by atomic mass is 32.2. The van der Waals surface area contributed by atoms with Gasteiger partial charge in [0.2, 0.25) is 5.91 Å². The van der Waals surface area contributed by atoms with Crippen molar-refractivity contribution in [3.63, 3.8) is 0 Å². The fraction of sp³-hybridized carbons (Fsp3) is 0.458. The average Bonchev–Trinajstić information content (AvgIpc) is 3.48. The molecule has 2 heterocycles. The van der Waals surface area contributed by atoms with Crippen molar-refractivity contribution in [3.8, 4) is 17.1 Å². The molecular weight excluding hydrogens is 424 g/mol. The summed E-state index contributed by atoms with van der Waals surface area (Å²) in [6.45, 7) is 2.76.